The van der Waals surface area contributed by atoms with Crippen LogP contribution in [0.3, 0.4) is 0 Å². The number of nitrogens with two attached hydrogens (primary N) is 1. The van der Waals surface area contributed by atoms with Gasteiger partial charge >= 0.3 is 5.97 Å². The van der Waals surface area contributed by atoms with Crippen molar-refractivity contribution in [3.63, 3.8) is 0 Å². The topological polar surface area (TPSA) is 252 Å². The Morgan fingerprint density at radius 2 is 0.984 bits per heavy atom. The summed E-state index contributed by atoms with van der Waals surface area (Å²) in [5.41, 5.74) is 8.32. The van der Waals surface area contributed by atoms with Crippen LogP contribution >= 0.6 is 0 Å². The number of likely N-dealkylation sites (tertiary alicyclic amines) is 3. The largest absolute Gasteiger partial charge is 0.508 e. The molecule has 0 aromatic heterocycles. The summed E-state index contributed by atoms with van der Waals surface area (Å²) in [4.78, 5) is 101. The van der Waals surface area contributed by atoms with Crippen LogP contribution in [0.5, 0.6) is 11.5 Å². The van der Waals surface area contributed by atoms with E-state index in [1.54, 1.807) is 50.2 Å². The predicted octanol–water partition coefficient (Wildman–Crippen LogP) is 1.62. The lowest BCUT2D eigenvalue weighted by Crippen LogP contribution is -2.60. The Kier molecular flexibility index (Phi) is 15.6. The highest BCUT2D eigenvalue weighted by Gasteiger charge is 2.44. The van der Waals surface area contributed by atoms with Crippen molar-refractivity contribution in [3.8, 4) is 11.5 Å². The molecule has 0 unspecified atom stereocenters. The molecule has 17 nitrogen and oxygen atoms in total. The van der Waals surface area contributed by atoms with E-state index in [0.29, 0.717) is 31.2 Å². The summed E-state index contributed by atoms with van der Waals surface area (Å²) in [6.45, 7) is 4.21. The number of benzene rings is 3. The molecule has 0 radical (unpaired) electrons. The highest BCUT2D eigenvalue weighted by atomic mass is 16.4. The van der Waals surface area contributed by atoms with Gasteiger partial charge in [-0.25, -0.2) is 4.79 Å². The Balaban J connectivity index is 1.17. The van der Waals surface area contributed by atoms with Crippen LogP contribution < -0.4 is 21.7 Å². The van der Waals surface area contributed by atoms with Crippen LogP contribution in [-0.2, 0) is 52.8 Å². The van der Waals surface area contributed by atoms with E-state index in [-0.39, 0.29) is 69.2 Å². The molecule has 3 aliphatic heterocycles. The number of nitrogens with zero attached hydrogens (tertiary/aromatic N) is 3. The Hall–Kier alpha value is -6.49. The van der Waals surface area contributed by atoms with Crippen LogP contribution in [0.25, 0.3) is 0 Å². The first-order valence-corrected chi connectivity index (χ1v) is 22.0. The van der Waals surface area contributed by atoms with E-state index < -0.39 is 83.7 Å². The maximum atomic E-state index is 14.6. The van der Waals surface area contributed by atoms with Crippen LogP contribution in [-0.4, -0.2) is 133 Å². The molecule has 0 bridgehead atoms. The molecule has 342 valence electrons. The van der Waals surface area contributed by atoms with Crippen molar-refractivity contribution in [1.82, 2.24) is 30.7 Å². The number of carbonyl (C=O) groups is 7. The molecule has 3 saturated heterocycles. The fourth-order valence-electron chi connectivity index (χ4n) is 8.88. The average molecular weight is 882 g/mol. The van der Waals surface area contributed by atoms with Gasteiger partial charge in [0.25, 0.3) is 0 Å². The molecular weight excluding hydrogens is 823 g/mol. The molecule has 0 saturated carbocycles. The quantitative estimate of drug-likeness (QED) is 0.103. The summed E-state index contributed by atoms with van der Waals surface area (Å²) in [6, 6.07) is 14.2. The van der Waals surface area contributed by atoms with Crippen LogP contribution in [0.1, 0.15) is 69.1 Å². The first-order chi connectivity index (χ1) is 30.6. The minimum Gasteiger partial charge on any atom is -0.508 e. The number of hydrogen-bond acceptors (Lipinski definition) is 10. The molecule has 6 amide bonds. The Morgan fingerprint density at radius 3 is 1.44 bits per heavy atom. The molecule has 6 rings (SSSR count). The van der Waals surface area contributed by atoms with E-state index in [9.17, 15) is 48.9 Å². The summed E-state index contributed by atoms with van der Waals surface area (Å²) in [6.07, 6.45) is 2.57. The monoisotopic (exact) mass is 881 g/mol. The smallest absolute Gasteiger partial charge is 0.326 e. The van der Waals surface area contributed by atoms with Gasteiger partial charge in [-0.2, -0.15) is 0 Å². The van der Waals surface area contributed by atoms with Crippen molar-refractivity contribution < 1.29 is 48.9 Å². The van der Waals surface area contributed by atoms with Gasteiger partial charge in [0.05, 0.1) is 6.04 Å². The Labute approximate surface area is 372 Å². The normalized spacial score (nSPS) is 20.3. The number of aliphatic carboxylic acids is 1. The number of nitrogens with one attached hydrogen (secondary N) is 3. The molecule has 3 aromatic carbocycles. The van der Waals surface area contributed by atoms with Crippen molar-refractivity contribution in [1.29, 1.82) is 0 Å². The number of amides is 6. The standard InChI is InChI=1S/C47H59N7O10/c1-28(2)40(51-41(57)34(48)25-30-14-18-32(55)19-15-30)46(62)53-23-7-12-38(53)43(59)49-35(26-29-9-4-3-5-10-29)44(60)52-22-6-11-37(52)42(58)50-36(27-31-16-20-33(56)21-17-31)45(61)54-24-8-13-39(54)47(63)64/h3-5,9-10,14-21,28,34-40,55-56H,6-8,11-13,22-27,48H2,1-2H3,(H,49,59)(H,50,58)(H,51,57)(H,63,64)/t34-,35-,36-,37-,38-,39-,40-/m0/s1. The van der Waals surface area contributed by atoms with Gasteiger partial charge in [-0.15, -0.1) is 0 Å². The fraction of sp³-hybridized carbons (Fsp3) is 0.468. The molecule has 0 aliphatic carbocycles. The van der Waals surface area contributed by atoms with E-state index in [2.05, 4.69) is 16.0 Å². The first-order valence-electron chi connectivity index (χ1n) is 22.0. The average Bonchev–Trinajstić information content (AvgIpc) is 4.08. The third-order valence-corrected chi connectivity index (χ3v) is 12.3. The molecule has 17 heteroatoms. The summed E-state index contributed by atoms with van der Waals surface area (Å²) < 4.78 is 0. The van der Waals surface area contributed by atoms with E-state index in [1.165, 1.54) is 39.0 Å². The summed E-state index contributed by atoms with van der Waals surface area (Å²) in [5.74, 6) is -4.67. The maximum Gasteiger partial charge on any atom is 0.326 e. The number of phenolic OH excluding ortho intramolecular Hbond substituents is 2. The molecule has 64 heavy (non-hydrogen) atoms. The van der Waals surface area contributed by atoms with Crippen LogP contribution in [0.2, 0.25) is 0 Å². The van der Waals surface area contributed by atoms with E-state index in [0.717, 1.165) is 11.1 Å². The van der Waals surface area contributed by atoms with Crippen molar-refractivity contribution in [3.05, 3.63) is 95.6 Å². The maximum absolute atomic E-state index is 14.6. The van der Waals surface area contributed by atoms with Crippen LogP contribution in [0.15, 0.2) is 78.9 Å². The Bertz CT molecular complexity index is 2150. The highest BCUT2D eigenvalue weighted by Crippen LogP contribution is 2.25. The van der Waals surface area contributed by atoms with E-state index >= 15 is 0 Å². The van der Waals surface area contributed by atoms with Gasteiger partial charge in [0.15, 0.2) is 0 Å². The zero-order valence-electron chi connectivity index (χ0n) is 36.2. The zero-order valence-corrected chi connectivity index (χ0v) is 36.2. The van der Waals surface area contributed by atoms with Crippen LogP contribution in [0, 0.1) is 5.92 Å². The van der Waals surface area contributed by atoms with Gasteiger partial charge in [0, 0.05) is 32.5 Å². The minimum absolute atomic E-state index is 0.00557. The van der Waals surface area contributed by atoms with Gasteiger partial charge in [0.1, 0.15) is 47.8 Å². The predicted molar refractivity (Wildman–Crippen MR) is 234 cm³/mol. The number of carbonyl (C=O) groups excluding carboxylic acids is 6. The molecular formula is C47H59N7O10. The minimum atomic E-state index is -1.17. The molecule has 8 N–H and O–H groups in total. The first kappa shape index (κ1) is 47.0. The van der Waals surface area contributed by atoms with Crippen molar-refractivity contribution in [2.45, 2.75) is 114 Å². The van der Waals surface area contributed by atoms with E-state index in [1.807, 2.05) is 18.2 Å². The van der Waals surface area contributed by atoms with Gasteiger partial charge in [-0.1, -0.05) is 68.4 Å². The summed E-state index contributed by atoms with van der Waals surface area (Å²) in [5, 5.41) is 37.8. The number of phenols is 2. The number of hydrogen-bond donors (Lipinski definition) is 7. The van der Waals surface area contributed by atoms with Gasteiger partial charge in [-0.3, -0.25) is 28.8 Å². The molecule has 3 aromatic rings. The number of rotatable bonds is 17. The number of carboxylic acids is 1. The molecule has 0 spiro atoms. The highest BCUT2D eigenvalue weighted by molar-refractivity contribution is 5.98. The third-order valence-electron chi connectivity index (χ3n) is 12.3. The van der Waals surface area contributed by atoms with Crippen molar-refractivity contribution >= 4 is 41.4 Å². The number of carboxylic acid groups (broad SMARTS) is 1. The SMILES string of the molecule is CC(C)[C@H](NC(=O)[C@@H](N)Cc1ccc(O)cc1)C(=O)N1CCC[C@H]1C(=O)N[C@@H](Cc1ccccc1)C(=O)N1CCC[C@H]1C(=O)N[C@@H](Cc1ccc(O)cc1)C(=O)N1CCC[C@H]1C(=O)O. The van der Waals surface area contributed by atoms with Gasteiger partial charge in [0.2, 0.25) is 35.4 Å². The summed E-state index contributed by atoms with van der Waals surface area (Å²) in [7, 11) is 0. The summed E-state index contributed by atoms with van der Waals surface area (Å²) >= 11 is 0. The van der Waals surface area contributed by atoms with Crippen LogP contribution in [0.4, 0.5) is 0 Å². The van der Waals surface area contributed by atoms with Crippen molar-refractivity contribution in [2.75, 3.05) is 19.6 Å². The Morgan fingerprint density at radius 1 is 0.578 bits per heavy atom. The fourth-order valence-corrected chi connectivity index (χ4v) is 8.88. The van der Waals surface area contributed by atoms with Gasteiger partial charge < -0.3 is 51.7 Å². The van der Waals surface area contributed by atoms with Gasteiger partial charge in [-0.05, 0) is 91.8 Å². The molecule has 3 aliphatic rings. The lowest BCUT2D eigenvalue weighted by atomic mass is 10.00. The molecule has 3 heterocycles. The third kappa shape index (κ3) is 11.5. The molecule has 3 fully saturated rings. The second-order valence-electron chi connectivity index (χ2n) is 17.3. The molecule has 7 atom stereocenters. The van der Waals surface area contributed by atoms with Crippen molar-refractivity contribution in [2.24, 2.45) is 11.7 Å². The lowest BCUT2D eigenvalue weighted by Gasteiger charge is -2.33. The second-order valence-corrected chi connectivity index (χ2v) is 17.3. The van der Waals surface area contributed by atoms with E-state index in [4.69, 9.17) is 5.73 Å². The second kappa shape index (κ2) is 21.3. The zero-order chi connectivity index (χ0) is 46.1. The number of aromatic hydroxyl groups is 2. The lowest BCUT2D eigenvalue weighted by molar-refractivity contribution is -0.149.